The maximum atomic E-state index is 12.6. The molecule has 0 saturated carbocycles. The van der Waals surface area contributed by atoms with Crippen LogP contribution in [0.2, 0.25) is 0 Å². The fourth-order valence-corrected chi connectivity index (χ4v) is 4.01. The first-order valence-electron chi connectivity index (χ1n) is 8.24. The highest BCUT2D eigenvalue weighted by atomic mass is 32.1. The first-order valence-corrected chi connectivity index (χ1v) is 9.12. The lowest BCUT2D eigenvalue weighted by molar-refractivity contribution is 0.0551. The van der Waals surface area contributed by atoms with Crippen molar-refractivity contribution in [3.8, 4) is 0 Å². The molecule has 3 aromatic rings. The number of rotatable bonds is 5. The molecule has 2 N–H and O–H groups in total. The Morgan fingerprint density at radius 2 is 2.20 bits per heavy atom. The minimum Gasteiger partial charge on any atom is -0.466 e. The Bertz CT molecular complexity index is 818. The van der Waals surface area contributed by atoms with Crippen molar-refractivity contribution in [2.45, 2.75) is 31.3 Å². The molecule has 1 aliphatic carbocycles. The van der Waals surface area contributed by atoms with Gasteiger partial charge in [0.2, 0.25) is 0 Å². The Morgan fingerprint density at radius 3 is 2.96 bits per heavy atom. The highest BCUT2D eigenvalue weighted by molar-refractivity contribution is 7.10. The van der Waals surface area contributed by atoms with Gasteiger partial charge in [-0.3, -0.25) is 4.79 Å². The summed E-state index contributed by atoms with van der Waals surface area (Å²) in [5, 5.41) is 19.8. The van der Waals surface area contributed by atoms with Crippen molar-refractivity contribution in [3.05, 3.63) is 63.6 Å². The summed E-state index contributed by atoms with van der Waals surface area (Å²) in [6.07, 6.45) is 5.21. The summed E-state index contributed by atoms with van der Waals surface area (Å²) in [4.78, 5) is 13.3. The van der Waals surface area contributed by atoms with Crippen molar-refractivity contribution >= 4 is 17.2 Å². The van der Waals surface area contributed by atoms with Crippen LogP contribution in [-0.4, -0.2) is 22.7 Å². The number of aryl methyl sites for hydroxylation is 1. The molecule has 3 aromatic heterocycles. The van der Waals surface area contributed by atoms with Crippen molar-refractivity contribution in [1.29, 1.82) is 0 Å². The van der Waals surface area contributed by atoms with Gasteiger partial charge in [0.1, 0.15) is 11.5 Å². The van der Waals surface area contributed by atoms with Gasteiger partial charge in [-0.2, -0.15) is 0 Å². The van der Waals surface area contributed by atoms with E-state index in [1.165, 1.54) is 17.6 Å². The molecule has 0 aromatic carbocycles. The molecule has 6 nitrogen and oxygen atoms in total. The zero-order valence-electron chi connectivity index (χ0n) is 13.5. The van der Waals surface area contributed by atoms with E-state index in [9.17, 15) is 9.90 Å². The minimum absolute atomic E-state index is 0.0124. The summed E-state index contributed by atoms with van der Waals surface area (Å²) >= 11 is 1.40. The summed E-state index contributed by atoms with van der Waals surface area (Å²) in [5.74, 6) is 0.849. The minimum atomic E-state index is -1.42. The lowest BCUT2D eigenvalue weighted by Crippen LogP contribution is -2.41. The second-order valence-electron chi connectivity index (χ2n) is 6.14. The van der Waals surface area contributed by atoms with E-state index in [2.05, 4.69) is 10.5 Å². The molecule has 0 spiro atoms. The number of furan rings is 1. The quantitative estimate of drug-likeness (QED) is 0.732. The molecule has 0 radical (unpaired) electrons. The summed E-state index contributed by atoms with van der Waals surface area (Å²) in [7, 11) is 0. The van der Waals surface area contributed by atoms with Crippen LogP contribution in [0, 0.1) is 0 Å². The van der Waals surface area contributed by atoms with Crippen LogP contribution in [0.4, 0.5) is 0 Å². The fourth-order valence-electron chi connectivity index (χ4n) is 3.18. The van der Waals surface area contributed by atoms with Crippen molar-refractivity contribution in [2.75, 3.05) is 6.54 Å². The van der Waals surface area contributed by atoms with E-state index in [0.717, 1.165) is 37.0 Å². The van der Waals surface area contributed by atoms with Crippen LogP contribution in [0.3, 0.4) is 0 Å². The van der Waals surface area contributed by atoms with Crippen molar-refractivity contribution in [2.24, 2.45) is 0 Å². The number of amides is 1. The summed E-state index contributed by atoms with van der Waals surface area (Å²) < 4.78 is 10.7. The predicted molar refractivity (Wildman–Crippen MR) is 91.5 cm³/mol. The van der Waals surface area contributed by atoms with E-state index in [-0.39, 0.29) is 12.5 Å². The van der Waals surface area contributed by atoms with Gasteiger partial charge in [-0.15, -0.1) is 11.3 Å². The average Bonchev–Trinajstić information content (AvgIpc) is 3.40. The van der Waals surface area contributed by atoms with Gasteiger partial charge in [0.05, 0.1) is 12.8 Å². The number of aromatic nitrogens is 1. The first kappa shape index (κ1) is 16.1. The number of aliphatic hydroxyl groups is 1. The molecule has 0 fully saturated rings. The monoisotopic (exact) mass is 358 g/mol. The van der Waals surface area contributed by atoms with Crippen LogP contribution in [0.15, 0.2) is 44.8 Å². The lowest BCUT2D eigenvalue weighted by atomic mass is 9.96. The topological polar surface area (TPSA) is 88.5 Å². The molecule has 0 aliphatic heterocycles. The Morgan fingerprint density at radius 1 is 1.32 bits per heavy atom. The molecule has 7 heteroatoms. The van der Waals surface area contributed by atoms with Crippen LogP contribution in [0.25, 0.3) is 0 Å². The van der Waals surface area contributed by atoms with E-state index in [0.29, 0.717) is 16.3 Å². The molecule has 1 unspecified atom stereocenters. The molecule has 1 atom stereocenters. The van der Waals surface area contributed by atoms with Gasteiger partial charge in [-0.25, -0.2) is 0 Å². The van der Waals surface area contributed by atoms with Gasteiger partial charge in [0, 0.05) is 16.9 Å². The van der Waals surface area contributed by atoms with Crippen LogP contribution in [-0.2, 0) is 18.4 Å². The molecule has 3 heterocycles. The Kier molecular flexibility index (Phi) is 4.19. The third-order valence-corrected chi connectivity index (χ3v) is 5.55. The van der Waals surface area contributed by atoms with Crippen LogP contribution in [0.1, 0.15) is 45.3 Å². The van der Waals surface area contributed by atoms with Crippen molar-refractivity contribution in [1.82, 2.24) is 10.5 Å². The number of thiophene rings is 1. The normalized spacial score (nSPS) is 16.2. The van der Waals surface area contributed by atoms with E-state index in [1.54, 1.807) is 12.1 Å². The predicted octanol–water partition coefficient (Wildman–Crippen LogP) is 2.87. The maximum Gasteiger partial charge on any atom is 0.273 e. The smallest absolute Gasteiger partial charge is 0.273 e. The average molecular weight is 358 g/mol. The molecule has 0 bridgehead atoms. The third-order valence-electron chi connectivity index (χ3n) is 4.53. The molecule has 1 aliphatic rings. The molecule has 130 valence electrons. The van der Waals surface area contributed by atoms with Gasteiger partial charge < -0.3 is 19.4 Å². The summed E-state index contributed by atoms with van der Waals surface area (Å²) in [6, 6.07) is 7.08. The SMILES string of the molecule is O=C(NCC(O)(c1ccco1)c1cccs1)c1noc2c1CCCC2. The number of hydrogen-bond acceptors (Lipinski definition) is 6. The highest BCUT2D eigenvalue weighted by Crippen LogP contribution is 2.33. The number of carbonyl (C=O) groups excluding carboxylic acids is 1. The largest absolute Gasteiger partial charge is 0.466 e. The number of fused-ring (bicyclic) bond motifs is 1. The Labute approximate surface area is 148 Å². The molecule has 25 heavy (non-hydrogen) atoms. The van der Waals surface area contributed by atoms with Crippen molar-refractivity contribution < 1.29 is 18.8 Å². The van der Waals surface area contributed by atoms with E-state index in [1.807, 2.05) is 17.5 Å². The van der Waals surface area contributed by atoms with Crippen molar-refractivity contribution in [3.63, 3.8) is 0 Å². The molecule has 1 amide bonds. The summed E-state index contributed by atoms with van der Waals surface area (Å²) in [5.41, 5.74) is -0.207. The fraction of sp³-hybridized carbons (Fsp3) is 0.333. The molecular weight excluding hydrogens is 340 g/mol. The Hall–Kier alpha value is -2.38. The standard InChI is InChI=1S/C18H18N2O4S/c21-17(16-12-5-1-2-6-13(12)24-20-16)19-11-18(22,14-7-3-9-23-14)15-8-4-10-25-15/h3-4,7-10,22H,1-2,5-6,11H2,(H,19,21). The van der Waals surface area contributed by atoms with E-state index < -0.39 is 5.60 Å². The molecule has 0 saturated heterocycles. The van der Waals surface area contributed by atoms with Gasteiger partial charge in [0.25, 0.3) is 5.91 Å². The first-order chi connectivity index (χ1) is 12.2. The second-order valence-corrected chi connectivity index (χ2v) is 7.09. The zero-order valence-corrected chi connectivity index (χ0v) is 14.3. The van der Waals surface area contributed by atoms with E-state index >= 15 is 0 Å². The Balaban J connectivity index is 1.56. The summed E-state index contributed by atoms with van der Waals surface area (Å²) in [6.45, 7) is -0.0124. The number of nitrogens with zero attached hydrogens (tertiary/aromatic N) is 1. The van der Waals surface area contributed by atoms with E-state index in [4.69, 9.17) is 8.94 Å². The number of hydrogen-bond donors (Lipinski definition) is 2. The van der Waals surface area contributed by atoms with Gasteiger partial charge in [0.15, 0.2) is 11.3 Å². The number of nitrogens with one attached hydrogen (secondary N) is 1. The van der Waals surface area contributed by atoms with Gasteiger partial charge in [-0.1, -0.05) is 11.2 Å². The van der Waals surface area contributed by atoms with Gasteiger partial charge in [-0.05, 0) is 42.8 Å². The maximum absolute atomic E-state index is 12.6. The second kappa shape index (κ2) is 6.50. The van der Waals surface area contributed by atoms with Crippen LogP contribution < -0.4 is 5.32 Å². The van der Waals surface area contributed by atoms with Gasteiger partial charge >= 0.3 is 0 Å². The zero-order chi connectivity index (χ0) is 17.3. The van der Waals surface area contributed by atoms with Crippen LogP contribution in [0.5, 0.6) is 0 Å². The third kappa shape index (κ3) is 2.89. The van der Waals surface area contributed by atoms with Crippen LogP contribution >= 0.6 is 11.3 Å². The number of carbonyl (C=O) groups is 1. The molecule has 4 rings (SSSR count). The lowest BCUT2D eigenvalue weighted by Gasteiger charge is -2.25. The molecular formula is C18H18N2O4S. The highest BCUT2D eigenvalue weighted by Gasteiger charge is 2.37.